The summed E-state index contributed by atoms with van der Waals surface area (Å²) < 4.78 is 27.5. The van der Waals surface area contributed by atoms with E-state index in [-0.39, 0.29) is 11.7 Å². The number of aryl methyl sites for hydroxylation is 1. The number of rotatable bonds is 2. The molecule has 2 aromatic heterocycles. The molecule has 3 aromatic rings. The van der Waals surface area contributed by atoms with Crippen molar-refractivity contribution in [3.63, 3.8) is 0 Å². The largest absolute Gasteiger partial charge is 0.347 e. The molecule has 1 spiro atoms. The average molecular weight is 401 g/mol. The van der Waals surface area contributed by atoms with Gasteiger partial charge in [-0.15, -0.1) is 11.3 Å². The zero-order chi connectivity index (χ0) is 19.3. The number of ether oxygens (including phenoxy) is 2. The number of nitrogens with zero attached hydrogens (tertiary/aromatic N) is 3. The second kappa shape index (κ2) is 6.65. The van der Waals surface area contributed by atoms with Crippen LogP contribution in [0.2, 0.25) is 0 Å². The van der Waals surface area contributed by atoms with Gasteiger partial charge in [0.15, 0.2) is 5.79 Å². The first-order valence-corrected chi connectivity index (χ1v) is 10.2. The molecule has 1 amide bonds. The number of hydrogen-bond acceptors (Lipinski definition) is 5. The summed E-state index contributed by atoms with van der Waals surface area (Å²) in [5.74, 6) is -0.827. The van der Waals surface area contributed by atoms with E-state index in [0.29, 0.717) is 55.3 Å². The Balaban J connectivity index is 1.43. The van der Waals surface area contributed by atoms with Gasteiger partial charge in [-0.2, -0.15) is 5.10 Å². The van der Waals surface area contributed by atoms with Crippen molar-refractivity contribution >= 4 is 27.5 Å². The van der Waals surface area contributed by atoms with Crippen molar-refractivity contribution in [1.29, 1.82) is 0 Å². The zero-order valence-electron chi connectivity index (χ0n) is 15.5. The summed E-state index contributed by atoms with van der Waals surface area (Å²) in [5, 5.41) is 5.27. The van der Waals surface area contributed by atoms with Crippen molar-refractivity contribution in [2.24, 2.45) is 7.05 Å². The first-order chi connectivity index (χ1) is 13.6. The molecule has 2 saturated heterocycles. The van der Waals surface area contributed by atoms with E-state index in [9.17, 15) is 9.18 Å². The van der Waals surface area contributed by atoms with Crippen molar-refractivity contribution < 1.29 is 18.7 Å². The van der Waals surface area contributed by atoms with Gasteiger partial charge in [0.2, 0.25) is 0 Å². The number of piperidine rings is 1. The maximum Gasteiger partial charge on any atom is 0.264 e. The summed E-state index contributed by atoms with van der Waals surface area (Å²) in [4.78, 5) is 16.4. The summed E-state index contributed by atoms with van der Waals surface area (Å²) in [6.07, 6.45) is 1.37. The van der Waals surface area contributed by atoms with Crippen LogP contribution >= 0.6 is 11.3 Å². The molecule has 2 aliphatic heterocycles. The third-order valence-electron chi connectivity index (χ3n) is 5.48. The topological polar surface area (TPSA) is 56.6 Å². The maximum atomic E-state index is 14.3. The SMILES string of the molecule is Cn1nc(-c2ccccc2F)c2cc(C(=O)N3CCC4(CC3)OCCO4)sc21. The van der Waals surface area contributed by atoms with Gasteiger partial charge in [-0.3, -0.25) is 9.48 Å². The Hall–Kier alpha value is -2.29. The van der Waals surface area contributed by atoms with Gasteiger partial charge < -0.3 is 14.4 Å². The number of likely N-dealkylation sites (tertiary alicyclic amines) is 1. The number of carbonyl (C=O) groups excluding carboxylic acids is 1. The monoisotopic (exact) mass is 401 g/mol. The van der Waals surface area contributed by atoms with E-state index in [0.717, 1.165) is 10.2 Å². The van der Waals surface area contributed by atoms with Crippen LogP contribution in [-0.4, -0.2) is 52.7 Å². The predicted molar refractivity (Wildman–Crippen MR) is 104 cm³/mol. The lowest BCUT2D eigenvalue weighted by Crippen LogP contribution is -2.47. The summed E-state index contributed by atoms with van der Waals surface area (Å²) in [7, 11) is 1.82. The third-order valence-corrected chi connectivity index (χ3v) is 6.67. The van der Waals surface area contributed by atoms with E-state index in [4.69, 9.17) is 9.47 Å². The standard InChI is InChI=1S/C20H20FN3O3S/c1-23-19-14(17(22-23)13-4-2-3-5-15(13)21)12-16(28-19)18(25)24-8-6-20(7-9-24)26-10-11-27-20/h2-5,12H,6-11H2,1H3. The molecule has 0 unspecified atom stereocenters. The van der Waals surface area contributed by atoms with E-state index < -0.39 is 5.79 Å². The molecule has 28 heavy (non-hydrogen) atoms. The van der Waals surface area contributed by atoms with E-state index in [1.807, 2.05) is 18.0 Å². The second-order valence-electron chi connectivity index (χ2n) is 7.18. The van der Waals surface area contributed by atoms with Gasteiger partial charge in [0, 0.05) is 43.9 Å². The molecular formula is C20H20FN3O3S. The van der Waals surface area contributed by atoms with Crippen LogP contribution in [0.25, 0.3) is 21.5 Å². The number of thiophene rings is 1. The molecule has 0 radical (unpaired) electrons. The van der Waals surface area contributed by atoms with Crippen molar-refractivity contribution in [3.8, 4) is 11.3 Å². The Kier molecular flexibility index (Phi) is 4.22. The highest BCUT2D eigenvalue weighted by molar-refractivity contribution is 7.20. The predicted octanol–water partition coefficient (Wildman–Crippen LogP) is 3.42. The normalized spacial score (nSPS) is 19.0. The summed E-state index contributed by atoms with van der Waals surface area (Å²) >= 11 is 1.40. The quantitative estimate of drug-likeness (QED) is 0.660. The van der Waals surface area contributed by atoms with E-state index >= 15 is 0 Å². The zero-order valence-corrected chi connectivity index (χ0v) is 16.3. The maximum absolute atomic E-state index is 14.3. The molecule has 8 heteroatoms. The van der Waals surface area contributed by atoms with E-state index in [1.54, 1.807) is 22.9 Å². The average Bonchev–Trinajstić information content (AvgIpc) is 3.40. The molecule has 2 aliphatic rings. The van der Waals surface area contributed by atoms with Crippen molar-refractivity contribution in [2.75, 3.05) is 26.3 Å². The lowest BCUT2D eigenvalue weighted by atomic mass is 10.0. The Morgan fingerprint density at radius 2 is 1.93 bits per heavy atom. The highest BCUT2D eigenvalue weighted by Crippen LogP contribution is 2.36. The minimum Gasteiger partial charge on any atom is -0.347 e. The number of carbonyl (C=O) groups is 1. The Bertz CT molecular complexity index is 1040. The van der Waals surface area contributed by atoms with Gasteiger partial charge in [-0.05, 0) is 18.2 Å². The Morgan fingerprint density at radius 3 is 2.64 bits per heavy atom. The molecule has 0 saturated carbocycles. The van der Waals surface area contributed by atoms with Gasteiger partial charge in [0.05, 0.1) is 18.1 Å². The number of benzene rings is 1. The fourth-order valence-electron chi connectivity index (χ4n) is 3.99. The van der Waals surface area contributed by atoms with Crippen LogP contribution in [0.5, 0.6) is 0 Å². The molecule has 0 N–H and O–H groups in total. The van der Waals surface area contributed by atoms with Crippen LogP contribution in [0.4, 0.5) is 4.39 Å². The van der Waals surface area contributed by atoms with Crippen LogP contribution in [0, 0.1) is 5.82 Å². The minimum absolute atomic E-state index is 0.00599. The first-order valence-electron chi connectivity index (χ1n) is 9.35. The smallest absolute Gasteiger partial charge is 0.264 e. The molecule has 4 heterocycles. The van der Waals surface area contributed by atoms with Crippen molar-refractivity contribution in [2.45, 2.75) is 18.6 Å². The molecule has 5 rings (SSSR count). The summed E-state index contributed by atoms with van der Waals surface area (Å²) in [6, 6.07) is 8.41. The second-order valence-corrected chi connectivity index (χ2v) is 8.21. The highest BCUT2D eigenvalue weighted by Gasteiger charge is 2.41. The van der Waals surface area contributed by atoms with Gasteiger partial charge in [-0.25, -0.2) is 4.39 Å². The molecule has 0 aliphatic carbocycles. The van der Waals surface area contributed by atoms with E-state index in [1.165, 1.54) is 17.4 Å². The molecule has 6 nitrogen and oxygen atoms in total. The Labute approximate surface area is 165 Å². The van der Waals surface area contributed by atoms with Crippen LogP contribution in [0.3, 0.4) is 0 Å². The Morgan fingerprint density at radius 1 is 1.21 bits per heavy atom. The summed E-state index contributed by atoms with van der Waals surface area (Å²) in [5.41, 5.74) is 1.01. The third kappa shape index (κ3) is 2.83. The number of fused-ring (bicyclic) bond motifs is 1. The number of hydrogen-bond donors (Lipinski definition) is 0. The van der Waals surface area contributed by atoms with Gasteiger partial charge in [0.25, 0.3) is 5.91 Å². The van der Waals surface area contributed by atoms with Crippen molar-refractivity contribution in [3.05, 3.63) is 41.0 Å². The number of aromatic nitrogens is 2. The highest BCUT2D eigenvalue weighted by atomic mass is 32.1. The van der Waals surface area contributed by atoms with Crippen LogP contribution in [-0.2, 0) is 16.5 Å². The molecule has 2 fully saturated rings. The van der Waals surface area contributed by atoms with Crippen LogP contribution in [0.1, 0.15) is 22.5 Å². The molecule has 1 aromatic carbocycles. The van der Waals surface area contributed by atoms with Crippen LogP contribution in [0.15, 0.2) is 30.3 Å². The molecule has 146 valence electrons. The number of halogens is 1. The van der Waals surface area contributed by atoms with Gasteiger partial charge in [-0.1, -0.05) is 12.1 Å². The van der Waals surface area contributed by atoms with Crippen molar-refractivity contribution in [1.82, 2.24) is 14.7 Å². The summed E-state index contributed by atoms with van der Waals surface area (Å²) in [6.45, 7) is 2.45. The minimum atomic E-state index is -0.501. The fourth-order valence-corrected chi connectivity index (χ4v) is 5.03. The van der Waals surface area contributed by atoms with E-state index in [2.05, 4.69) is 5.10 Å². The lowest BCUT2D eigenvalue weighted by Gasteiger charge is -2.37. The number of amides is 1. The van der Waals surface area contributed by atoms with Gasteiger partial charge in [0.1, 0.15) is 16.3 Å². The molecule has 0 bridgehead atoms. The lowest BCUT2D eigenvalue weighted by molar-refractivity contribution is -0.181. The molecule has 0 atom stereocenters. The fraction of sp³-hybridized carbons (Fsp3) is 0.400. The van der Waals surface area contributed by atoms with Crippen LogP contribution < -0.4 is 0 Å². The van der Waals surface area contributed by atoms with Gasteiger partial charge >= 0.3 is 0 Å². The molecular weight excluding hydrogens is 381 g/mol. The first kappa shape index (κ1) is 17.8.